The number of carbonyl (C=O) groups excluding carboxylic acids is 2. The van der Waals surface area contributed by atoms with Crippen molar-refractivity contribution >= 4 is 45.0 Å². The number of fused-ring (bicyclic) bond motifs is 1. The minimum atomic E-state index is -0.147. The summed E-state index contributed by atoms with van der Waals surface area (Å²) >= 11 is 7.71. The van der Waals surface area contributed by atoms with E-state index >= 15 is 0 Å². The zero-order chi connectivity index (χ0) is 20.4. The van der Waals surface area contributed by atoms with Gasteiger partial charge in [0.05, 0.1) is 21.3 Å². The molecule has 1 saturated carbocycles. The van der Waals surface area contributed by atoms with E-state index in [1.807, 2.05) is 37.3 Å². The third kappa shape index (κ3) is 4.16. The van der Waals surface area contributed by atoms with Crippen LogP contribution in [-0.4, -0.2) is 34.7 Å². The van der Waals surface area contributed by atoms with Crippen molar-refractivity contribution in [2.24, 2.45) is 5.92 Å². The number of benzene rings is 1. The Bertz CT molecular complexity index is 1050. The second-order valence-electron chi connectivity index (χ2n) is 7.31. The molecule has 1 aliphatic rings. The predicted octanol–water partition coefficient (Wildman–Crippen LogP) is 4.09. The maximum Gasteiger partial charge on any atom is 0.261 e. The molecule has 152 valence electrons. The van der Waals surface area contributed by atoms with Gasteiger partial charge in [0.25, 0.3) is 5.91 Å². The number of hydrogen-bond donors (Lipinski definition) is 2. The molecule has 0 saturated heterocycles. The van der Waals surface area contributed by atoms with Crippen LogP contribution in [0, 0.1) is 12.8 Å². The van der Waals surface area contributed by atoms with Crippen molar-refractivity contribution in [3.63, 3.8) is 0 Å². The molecule has 1 aliphatic carbocycles. The van der Waals surface area contributed by atoms with Crippen LogP contribution in [0.2, 0.25) is 5.02 Å². The quantitative estimate of drug-likeness (QED) is 0.578. The number of nitrogens with one attached hydrogen (secondary N) is 2. The van der Waals surface area contributed by atoms with Crippen molar-refractivity contribution in [1.29, 1.82) is 0 Å². The van der Waals surface area contributed by atoms with E-state index in [2.05, 4.69) is 15.7 Å². The second kappa shape index (κ2) is 8.55. The van der Waals surface area contributed by atoms with Crippen LogP contribution in [0.5, 0.6) is 0 Å². The molecule has 29 heavy (non-hydrogen) atoms. The molecule has 8 heteroatoms. The van der Waals surface area contributed by atoms with Crippen molar-refractivity contribution in [3.05, 3.63) is 45.9 Å². The maximum atomic E-state index is 12.6. The van der Waals surface area contributed by atoms with E-state index in [9.17, 15) is 9.59 Å². The molecule has 2 aromatic heterocycles. The highest BCUT2D eigenvalue weighted by molar-refractivity contribution is 7.20. The smallest absolute Gasteiger partial charge is 0.261 e. The van der Waals surface area contributed by atoms with Crippen LogP contribution < -0.4 is 10.6 Å². The molecule has 4 rings (SSSR count). The summed E-state index contributed by atoms with van der Waals surface area (Å²) in [6, 6.07) is 9.37. The first-order valence-electron chi connectivity index (χ1n) is 9.84. The molecule has 3 aromatic rings. The zero-order valence-corrected chi connectivity index (χ0v) is 17.8. The first kappa shape index (κ1) is 19.9. The fraction of sp³-hybridized carbons (Fsp3) is 0.381. The first-order valence-corrected chi connectivity index (χ1v) is 11.0. The minimum Gasteiger partial charge on any atom is -0.354 e. The van der Waals surface area contributed by atoms with Gasteiger partial charge in [-0.25, -0.2) is 4.68 Å². The molecular weight excluding hydrogens is 408 g/mol. The van der Waals surface area contributed by atoms with Gasteiger partial charge in [-0.3, -0.25) is 9.59 Å². The van der Waals surface area contributed by atoms with E-state index in [1.54, 1.807) is 4.68 Å². The average molecular weight is 431 g/mol. The summed E-state index contributed by atoms with van der Waals surface area (Å²) in [5, 5.41) is 11.9. The Balaban J connectivity index is 1.41. The van der Waals surface area contributed by atoms with Crippen LogP contribution >= 0.6 is 22.9 Å². The van der Waals surface area contributed by atoms with E-state index in [0.29, 0.717) is 23.0 Å². The number of nitrogens with zero attached hydrogens (tertiary/aromatic N) is 2. The SMILES string of the molecule is Cc1nn(-c2ccccc2Cl)c2sc(C(=O)NCCNC(=O)C3CCCC3)cc12. The fourth-order valence-corrected chi connectivity index (χ4v) is 5.04. The standard InChI is InChI=1S/C21H23ClN4O2S/c1-13-15-12-18(20(28)24-11-10-23-19(27)14-6-2-3-7-14)29-21(15)26(25-13)17-9-5-4-8-16(17)22/h4-5,8-9,12,14H,2-3,6-7,10-11H2,1H3,(H,23,27)(H,24,28). The first-order chi connectivity index (χ1) is 14.0. The number of aromatic nitrogens is 2. The normalized spacial score (nSPS) is 14.4. The number of para-hydroxylation sites is 1. The van der Waals surface area contributed by atoms with Crippen molar-refractivity contribution in [1.82, 2.24) is 20.4 Å². The number of rotatable bonds is 6. The second-order valence-corrected chi connectivity index (χ2v) is 8.74. The molecule has 0 atom stereocenters. The number of hydrogen-bond acceptors (Lipinski definition) is 4. The molecule has 0 unspecified atom stereocenters. The Morgan fingerprint density at radius 1 is 1.21 bits per heavy atom. The summed E-state index contributed by atoms with van der Waals surface area (Å²) in [6.07, 6.45) is 4.21. The lowest BCUT2D eigenvalue weighted by Gasteiger charge is -2.10. The molecule has 0 aliphatic heterocycles. The van der Waals surface area contributed by atoms with Crippen molar-refractivity contribution in [2.45, 2.75) is 32.6 Å². The largest absolute Gasteiger partial charge is 0.354 e. The molecule has 1 aromatic carbocycles. The lowest BCUT2D eigenvalue weighted by Crippen LogP contribution is -2.36. The highest BCUT2D eigenvalue weighted by atomic mass is 35.5. The monoisotopic (exact) mass is 430 g/mol. The predicted molar refractivity (Wildman–Crippen MR) is 116 cm³/mol. The highest BCUT2D eigenvalue weighted by Crippen LogP contribution is 2.32. The molecule has 6 nitrogen and oxygen atoms in total. The Kier molecular flexibility index (Phi) is 5.87. The Labute approximate surface area is 178 Å². The molecule has 2 amide bonds. The van der Waals surface area contributed by atoms with Crippen molar-refractivity contribution < 1.29 is 9.59 Å². The van der Waals surface area contributed by atoms with Crippen molar-refractivity contribution in [2.75, 3.05) is 13.1 Å². The van der Waals surface area contributed by atoms with Crippen LogP contribution in [0.4, 0.5) is 0 Å². The van der Waals surface area contributed by atoms with Crippen molar-refractivity contribution in [3.8, 4) is 5.69 Å². The van der Waals surface area contributed by atoms with Gasteiger partial charge >= 0.3 is 0 Å². The number of halogens is 1. The molecule has 0 bridgehead atoms. The van der Waals surface area contributed by atoms with Gasteiger partial charge in [0.1, 0.15) is 4.83 Å². The van der Waals surface area contributed by atoms with Gasteiger partial charge < -0.3 is 10.6 Å². The van der Waals surface area contributed by atoms with Gasteiger partial charge in [-0.15, -0.1) is 11.3 Å². The van der Waals surface area contributed by atoms with Crippen LogP contribution in [0.3, 0.4) is 0 Å². The molecule has 1 fully saturated rings. The number of carbonyl (C=O) groups is 2. The van der Waals surface area contributed by atoms with Crippen LogP contribution in [0.1, 0.15) is 41.0 Å². The van der Waals surface area contributed by atoms with E-state index in [0.717, 1.165) is 47.3 Å². The van der Waals surface area contributed by atoms with Crippen LogP contribution in [0.25, 0.3) is 15.9 Å². The van der Waals surface area contributed by atoms with Crippen LogP contribution in [-0.2, 0) is 4.79 Å². The van der Waals surface area contributed by atoms with Gasteiger partial charge in [-0.1, -0.05) is 36.6 Å². The number of aryl methyl sites for hydroxylation is 1. The minimum absolute atomic E-state index is 0.106. The average Bonchev–Trinajstić information content (AvgIpc) is 3.44. The van der Waals surface area contributed by atoms with E-state index in [4.69, 9.17) is 11.6 Å². The topological polar surface area (TPSA) is 76.0 Å². The van der Waals surface area contributed by atoms with Gasteiger partial charge in [0, 0.05) is 24.4 Å². The lowest BCUT2D eigenvalue weighted by atomic mass is 10.1. The third-order valence-electron chi connectivity index (χ3n) is 5.28. The number of thiophene rings is 1. The Hall–Kier alpha value is -2.38. The summed E-state index contributed by atoms with van der Waals surface area (Å²) in [5.74, 6) is 0.101. The number of amides is 2. The summed E-state index contributed by atoms with van der Waals surface area (Å²) in [4.78, 5) is 26.1. The van der Waals surface area contributed by atoms with Crippen LogP contribution in [0.15, 0.2) is 30.3 Å². The molecule has 2 heterocycles. The lowest BCUT2D eigenvalue weighted by molar-refractivity contribution is -0.124. The van der Waals surface area contributed by atoms with E-state index in [1.165, 1.54) is 11.3 Å². The third-order valence-corrected chi connectivity index (χ3v) is 6.71. The highest BCUT2D eigenvalue weighted by Gasteiger charge is 2.22. The van der Waals surface area contributed by atoms with Gasteiger partial charge in [0.2, 0.25) is 5.91 Å². The summed E-state index contributed by atoms with van der Waals surface area (Å²) in [7, 11) is 0. The van der Waals surface area contributed by atoms with E-state index in [-0.39, 0.29) is 17.7 Å². The Morgan fingerprint density at radius 3 is 2.69 bits per heavy atom. The molecule has 0 radical (unpaired) electrons. The summed E-state index contributed by atoms with van der Waals surface area (Å²) in [6.45, 7) is 2.77. The molecule has 0 spiro atoms. The fourth-order valence-electron chi connectivity index (χ4n) is 3.73. The maximum absolute atomic E-state index is 12.6. The van der Waals surface area contributed by atoms with Gasteiger partial charge in [-0.05, 0) is 38.0 Å². The Morgan fingerprint density at radius 2 is 1.93 bits per heavy atom. The molecule has 2 N–H and O–H groups in total. The van der Waals surface area contributed by atoms with Gasteiger partial charge in [0.15, 0.2) is 0 Å². The summed E-state index contributed by atoms with van der Waals surface area (Å²) in [5.41, 5.74) is 1.63. The molecular formula is C21H23ClN4O2S. The van der Waals surface area contributed by atoms with Gasteiger partial charge in [-0.2, -0.15) is 5.10 Å². The van der Waals surface area contributed by atoms with E-state index < -0.39 is 0 Å². The summed E-state index contributed by atoms with van der Waals surface area (Å²) < 4.78 is 1.79. The zero-order valence-electron chi connectivity index (χ0n) is 16.2.